The minimum atomic E-state index is -1.02. The van der Waals surface area contributed by atoms with Gasteiger partial charge in [-0.05, 0) is 19.1 Å². The first kappa shape index (κ1) is 11.1. The lowest BCUT2D eigenvalue weighted by atomic mass is 10.2. The Labute approximate surface area is 87.6 Å². The summed E-state index contributed by atoms with van der Waals surface area (Å²) in [6, 6.07) is 6.45. The molecule has 5 heteroatoms. The Hall–Kier alpha value is -2.01. The van der Waals surface area contributed by atoms with E-state index >= 15 is 0 Å². The van der Waals surface area contributed by atoms with Crippen molar-refractivity contribution in [3.63, 3.8) is 0 Å². The van der Waals surface area contributed by atoms with Crippen LogP contribution in [0.1, 0.15) is 17.3 Å². The number of nitrogens with zero attached hydrogens (tertiary/aromatic N) is 1. The molecule has 0 aliphatic rings. The van der Waals surface area contributed by atoms with Crippen LogP contribution in [-0.2, 0) is 0 Å². The topological polar surface area (TPSA) is 92.6 Å². The number of carbonyl (C=O) groups is 1. The summed E-state index contributed by atoms with van der Waals surface area (Å²) in [5.74, 6) is 4.62. The molecule has 80 valence electrons. The van der Waals surface area contributed by atoms with E-state index in [9.17, 15) is 4.79 Å². The molecule has 1 rings (SSSR count). The van der Waals surface area contributed by atoms with Crippen molar-refractivity contribution in [3.8, 4) is 0 Å². The summed E-state index contributed by atoms with van der Waals surface area (Å²) in [4.78, 5) is 10.9. The van der Waals surface area contributed by atoms with Gasteiger partial charge in [-0.15, -0.1) is 0 Å². The van der Waals surface area contributed by atoms with Gasteiger partial charge in [0.25, 0.3) is 0 Å². The molecule has 0 aromatic heterocycles. The summed E-state index contributed by atoms with van der Waals surface area (Å²) in [6.45, 7) is 1.67. The highest BCUT2D eigenvalue weighted by atomic mass is 16.4. The van der Waals surface area contributed by atoms with Crippen molar-refractivity contribution in [3.05, 3.63) is 41.7 Å². The van der Waals surface area contributed by atoms with Gasteiger partial charge in [0.05, 0.1) is 11.3 Å². The lowest BCUT2D eigenvalue weighted by Gasteiger charge is -2.16. The van der Waals surface area contributed by atoms with Crippen molar-refractivity contribution < 1.29 is 9.90 Å². The highest BCUT2D eigenvalue weighted by Crippen LogP contribution is 2.18. The third kappa shape index (κ3) is 2.72. The minimum absolute atomic E-state index is 0.137. The Morgan fingerprint density at radius 2 is 2.07 bits per heavy atom. The fourth-order valence-electron chi connectivity index (χ4n) is 1.17. The zero-order valence-corrected chi connectivity index (χ0v) is 8.34. The number of allylic oxidation sites excluding steroid dienone is 1. The molecule has 0 amide bonds. The lowest BCUT2D eigenvalue weighted by Crippen LogP contribution is -2.27. The van der Waals surface area contributed by atoms with Gasteiger partial charge in [0.2, 0.25) is 0 Å². The summed E-state index contributed by atoms with van der Waals surface area (Å²) in [7, 11) is 0. The first-order valence-corrected chi connectivity index (χ1v) is 4.32. The molecule has 0 aliphatic carbocycles. The average Bonchev–Trinajstić information content (AvgIpc) is 2.16. The van der Waals surface area contributed by atoms with E-state index in [0.717, 1.165) is 0 Å². The SMILES string of the molecule is C/C(N)=C/N(N)c1ccccc1C(=O)O. The molecule has 0 unspecified atom stereocenters. The van der Waals surface area contributed by atoms with Crippen molar-refractivity contribution in [2.75, 3.05) is 5.01 Å². The molecule has 5 N–H and O–H groups in total. The molecule has 0 fully saturated rings. The van der Waals surface area contributed by atoms with Crippen LogP contribution in [0.2, 0.25) is 0 Å². The predicted molar refractivity (Wildman–Crippen MR) is 58.0 cm³/mol. The molecule has 0 atom stereocenters. The zero-order chi connectivity index (χ0) is 11.4. The molecule has 0 bridgehead atoms. The molecule has 0 saturated carbocycles. The van der Waals surface area contributed by atoms with Gasteiger partial charge in [-0.25, -0.2) is 10.6 Å². The minimum Gasteiger partial charge on any atom is -0.478 e. The number of aromatic carboxylic acids is 1. The van der Waals surface area contributed by atoms with Gasteiger partial charge >= 0.3 is 5.97 Å². The van der Waals surface area contributed by atoms with E-state index in [4.69, 9.17) is 16.7 Å². The molecule has 1 aromatic rings. The van der Waals surface area contributed by atoms with Crippen molar-refractivity contribution in [2.24, 2.45) is 11.6 Å². The number of hydrogen-bond donors (Lipinski definition) is 3. The van der Waals surface area contributed by atoms with Crippen LogP contribution in [0.15, 0.2) is 36.2 Å². The molecular weight excluding hydrogens is 194 g/mol. The standard InChI is InChI=1S/C10H13N3O2/c1-7(11)6-13(12)9-5-3-2-4-8(9)10(14)15/h2-6H,11-12H2,1H3,(H,14,15)/b7-6-. The van der Waals surface area contributed by atoms with Crippen LogP contribution in [0.4, 0.5) is 5.69 Å². The lowest BCUT2D eigenvalue weighted by molar-refractivity contribution is 0.0697. The molecule has 0 heterocycles. The molecule has 0 saturated heterocycles. The molecule has 15 heavy (non-hydrogen) atoms. The number of carboxylic acid groups (broad SMARTS) is 1. The number of rotatable bonds is 3. The van der Waals surface area contributed by atoms with Gasteiger partial charge < -0.3 is 10.8 Å². The van der Waals surface area contributed by atoms with Crippen molar-refractivity contribution in [2.45, 2.75) is 6.92 Å². The summed E-state index contributed by atoms with van der Waals surface area (Å²) in [5, 5.41) is 10.1. The van der Waals surface area contributed by atoms with Crippen LogP contribution in [0.3, 0.4) is 0 Å². The van der Waals surface area contributed by atoms with E-state index in [1.165, 1.54) is 17.3 Å². The second kappa shape index (κ2) is 4.47. The summed E-state index contributed by atoms with van der Waals surface area (Å²) in [6.07, 6.45) is 1.46. The summed E-state index contributed by atoms with van der Waals surface area (Å²) < 4.78 is 0. The van der Waals surface area contributed by atoms with E-state index in [-0.39, 0.29) is 5.56 Å². The summed E-state index contributed by atoms with van der Waals surface area (Å²) >= 11 is 0. The third-order valence-corrected chi connectivity index (χ3v) is 1.76. The normalized spacial score (nSPS) is 11.2. The number of hydrogen-bond acceptors (Lipinski definition) is 4. The zero-order valence-electron chi connectivity index (χ0n) is 8.34. The van der Waals surface area contributed by atoms with Gasteiger partial charge in [0, 0.05) is 11.9 Å². The summed E-state index contributed by atoms with van der Waals surface area (Å²) in [5.41, 5.74) is 6.48. The van der Waals surface area contributed by atoms with Gasteiger partial charge in [-0.3, -0.25) is 5.01 Å². The van der Waals surface area contributed by atoms with Crippen LogP contribution in [0, 0.1) is 0 Å². The molecule has 0 aliphatic heterocycles. The number of anilines is 1. The van der Waals surface area contributed by atoms with E-state index in [1.54, 1.807) is 25.1 Å². The molecule has 1 aromatic carbocycles. The molecular formula is C10H13N3O2. The Morgan fingerprint density at radius 1 is 1.47 bits per heavy atom. The Morgan fingerprint density at radius 3 is 2.60 bits per heavy atom. The largest absolute Gasteiger partial charge is 0.478 e. The van der Waals surface area contributed by atoms with Gasteiger partial charge in [-0.2, -0.15) is 0 Å². The maximum atomic E-state index is 10.9. The molecule has 5 nitrogen and oxygen atoms in total. The predicted octanol–water partition coefficient (Wildman–Crippen LogP) is 0.885. The Bertz CT molecular complexity index is 397. The van der Waals surface area contributed by atoms with Gasteiger partial charge in [-0.1, -0.05) is 12.1 Å². The molecule has 0 spiro atoms. The Balaban J connectivity index is 3.13. The van der Waals surface area contributed by atoms with Crippen LogP contribution in [0.5, 0.6) is 0 Å². The number of hydrazine groups is 1. The highest BCUT2D eigenvalue weighted by Gasteiger charge is 2.11. The van der Waals surface area contributed by atoms with E-state index in [0.29, 0.717) is 11.4 Å². The molecule has 0 radical (unpaired) electrons. The number of carboxylic acids is 1. The van der Waals surface area contributed by atoms with Gasteiger partial charge in [0.15, 0.2) is 0 Å². The van der Waals surface area contributed by atoms with Crippen LogP contribution >= 0.6 is 0 Å². The fourth-order valence-corrected chi connectivity index (χ4v) is 1.17. The van der Waals surface area contributed by atoms with Crippen LogP contribution in [0.25, 0.3) is 0 Å². The number of benzene rings is 1. The van der Waals surface area contributed by atoms with Crippen LogP contribution in [-0.4, -0.2) is 11.1 Å². The van der Waals surface area contributed by atoms with Crippen LogP contribution < -0.4 is 16.6 Å². The Kier molecular flexibility index (Phi) is 3.30. The third-order valence-electron chi connectivity index (χ3n) is 1.76. The van der Waals surface area contributed by atoms with E-state index in [2.05, 4.69) is 0 Å². The number of nitrogens with two attached hydrogens (primary N) is 2. The van der Waals surface area contributed by atoms with Crippen molar-refractivity contribution >= 4 is 11.7 Å². The maximum Gasteiger partial charge on any atom is 0.337 e. The van der Waals surface area contributed by atoms with Crippen molar-refractivity contribution in [1.29, 1.82) is 0 Å². The second-order valence-electron chi connectivity index (χ2n) is 3.10. The quantitative estimate of drug-likeness (QED) is 0.505. The monoisotopic (exact) mass is 207 g/mol. The number of para-hydroxylation sites is 1. The first-order chi connectivity index (χ1) is 7.02. The van der Waals surface area contributed by atoms with Crippen molar-refractivity contribution in [1.82, 2.24) is 0 Å². The van der Waals surface area contributed by atoms with Gasteiger partial charge in [0.1, 0.15) is 0 Å². The van der Waals surface area contributed by atoms with E-state index < -0.39 is 5.97 Å². The van der Waals surface area contributed by atoms with E-state index in [1.807, 2.05) is 0 Å². The maximum absolute atomic E-state index is 10.9. The average molecular weight is 207 g/mol. The fraction of sp³-hybridized carbons (Fsp3) is 0.100. The second-order valence-corrected chi connectivity index (χ2v) is 3.10. The first-order valence-electron chi connectivity index (χ1n) is 4.32. The smallest absolute Gasteiger partial charge is 0.337 e. The highest BCUT2D eigenvalue weighted by molar-refractivity contribution is 5.94.